The number of esters is 1. The number of unbranched alkanes of at least 4 members (excludes halogenated alkanes) is 12. The van der Waals surface area contributed by atoms with Crippen molar-refractivity contribution in [1.82, 2.24) is 0 Å². The second-order valence-electron chi connectivity index (χ2n) is 8.18. The number of carbonyl (C=O) groups is 1. The van der Waals surface area contributed by atoms with E-state index in [0.717, 1.165) is 12.8 Å². The Morgan fingerprint density at radius 1 is 0.759 bits per heavy atom. The van der Waals surface area contributed by atoms with Crippen molar-refractivity contribution in [1.29, 1.82) is 0 Å². The predicted octanol–water partition coefficient (Wildman–Crippen LogP) is 2.81. The Bertz CT molecular complexity index is 416. The maximum absolute atomic E-state index is 11.9. The summed E-state index contributed by atoms with van der Waals surface area (Å²) in [6.07, 6.45) is 9.10. The molecule has 0 amide bonds. The van der Waals surface area contributed by atoms with E-state index in [2.05, 4.69) is 6.92 Å². The van der Waals surface area contributed by atoms with Gasteiger partial charge in [-0.1, -0.05) is 84.0 Å². The molecule has 0 spiro atoms. The highest BCUT2D eigenvalue weighted by Gasteiger charge is 2.45. The van der Waals surface area contributed by atoms with Gasteiger partial charge in [-0.25, -0.2) is 0 Å². The summed E-state index contributed by atoms with van der Waals surface area (Å²) < 4.78 is 10.2. The lowest BCUT2D eigenvalue weighted by Gasteiger charge is -2.39. The van der Waals surface area contributed by atoms with Gasteiger partial charge in [-0.05, 0) is 6.42 Å². The highest BCUT2D eigenvalue weighted by molar-refractivity contribution is 5.69. The molecule has 1 saturated heterocycles. The zero-order valence-corrected chi connectivity index (χ0v) is 18.0. The molecule has 0 aliphatic carbocycles. The van der Waals surface area contributed by atoms with Crippen LogP contribution in [0.1, 0.15) is 96.8 Å². The summed E-state index contributed by atoms with van der Waals surface area (Å²) >= 11 is 0. The molecule has 1 aliphatic rings. The van der Waals surface area contributed by atoms with Crippen LogP contribution in [-0.2, 0) is 14.3 Å². The first-order valence-electron chi connectivity index (χ1n) is 11.5. The zero-order chi connectivity index (χ0) is 21.5. The molecule has 7 heteroatoms. The molecule has 29 heavy (non-hydrogen) atoms. The molecule has 7 nitrogen and oxygen atoms in total. The first kappa shape index (κ1) is 26.3. The van der Waals surface area contributed by atoms with Crippen molar-refractivity contribution in [2.24, 2.45) is 0 Å². The molecule has 1 rings (SSSR count). The van der Waals surface area contributed by atoms with Crippen molar-refractivity contribution < 1.29 is 34.7 Å². The molecule has 4 N–H and O–H groups in total. The molecule has 0 saturated carbocycles. The van der Waals surface area contributed by atoms with Crippen LogP contribution in [0.15, 0.2) is 0 Å². The first-order valence-corrected chi connectivity index (χ1v) is 11.5. The van der Waals surface area contributed by atoms with E-state index >= 15 is 0 Å². The van der Waals surface area contributed by atoms with Gasteiger partial charge in [0.05, 0.1) is 6.61 Å². The van der Waals surface area contributed by atoms with Gasteiger partial charge in [-0.3, -0.25) is 4.79 Å². The van der Waals surface area contributed by atoms with Crippen LogP contribution in [0.2, 0.25) is 0 Å². The lowest BCUT2D eigenvalue weighted by atomic mass is 9.99. The number of ether oxygens (including phenoxy) is 2. The van der Waals surface area contributed by atoms with Crippen molar-refractivity contribution in [2.75, 3.05) is 6.61 Å². The van der Waals surface area contributed by atoms with Gasteiger partial charge in [0.15, 0.2) is 0 Å². The Kier molecular flexibility index (Phi) is 14.5. The van der Waals surface area contributed by atoms with Crippen LogP contribution in [0.5, 0.6) is 0 Å². The van der Waals surface area contributed by atoms with Crippen molar-refractivity contribution in [2.45, 2.75) is 128 Å². The quantitative estimate of drug-likeness (QED) is 0.225. The van der Waals surface area contributed by atoms with E-state index in [1.165, 1.54) is 64.2 Å². The van der Waals surface area contributed by atoms with E-state index in [4.69, 9.17) is 14.6 Å². The highest BCUT2D eigenvalue weighted by Crippen LogP contribution is 2.22. The van der Waals surface area contributed by atoms with Crippen LogP contribution >= 0.6 is 0 Å². The number of aliphatic hydroxyl groups excluding tert-OH is 4. The summed E-state index contributed by atoms with van der Waals surface area (Å²) in [6, 6.07) is 0. The molecule has 1 aliphatic heterocycles. The summed E-state index contributed by atoms with van der Waals surface area (Å²) in [7, 11) is 0. The molecule has 1 fully saturated rings. The van der Waals surface area contributed by atoms with Gasteiger partial charge < -0.3 is 29.9 Å². The standard InChI is InChI=1S/C22H42O7/c1-2-3-4-5-6-7-8-9-10-11-12-13-14-15-18(24)29-22-21(27)20(26)19(25)17(16-23)28-22/h17,19-23,25-27H,2-16H2,1H3/t17-,19-,20+,21-,22?/m1/s1. The number of carbonyl (C=O) groups excluding carboxylic acids is 1. The average Bonchev–Trinajstić information content (AvgIpc) is 2.71. The van der Waals surface area contributed by atoms with Gasteiger partial charge in [-0.2, -0.15) is 0 Å². The van der Waals surface area contributed by atoms with E-state index < -0.39 is 43.3 Å². The summed E-state index contributed by atoms with van der Waals surface area (Å²) in [5.41, 5.74) is 0. The molecular formula is C22H42O7. The van der Waals surface area contributed by atoms with E-state index in [0.29, 0.717) is 6.42 Å². The monoisotopic (exact) mass is 418 g/mol. The minimum absolute atomic E-state index is 0.215. The summed E-state index contributed by atoms with van der Waals surface area (Å²) in [6.45, 7) is 1.70. The van der Waals surface area contributed by atoms with Gasteiger partial charge in [0, 0.05) is 6.42 Å². The Morgan fingerprint density at radius 3 is 1.72 bits per heavy atom. The lowest BCUT2D eigenvalue weighted by molar-refractivity contribution is -0.292. The predicted molar refractivity (Wildman–Crippen MR) is 110 cm³/mol. The van der Waals surface area contributed by atoms with Crippen LogP contribution in [0, 0.1) is 0 Å². The number of aliphatic hydroxyl groups is 4. The number of hydrogen-bond donors (Lipinski definition) is 4. The van der Waals surface area contributed by atoms with Crippen LogP contribution in [0.25, 0.3) is 0 Å². The third-order valence-electron chi connectivity index (χ3n) is 5.58. The number of rotatable bonds is 16. The van der Waals surface area contributed by atoms with Crippen LogP contribution in [0.3, 0.4) is 0 Å². The molecule has 1 heterocycles. The average molecular weight is 419 g/mol. The van der Waals surface area contributed by atoms with E-state index in [-0.39, 0.29) is 6.42 Å². The van der Waals surface area contributed by atoms with Crippen molar-refractivity contribution >= 4 is 5.97 Å². The lowest BCUT2D eigenvalue weighted by Crippen LogP contribution is -2.59. The third-order valence-corrected chi connectivity index (χ3v) is 5.58. The molecule has 0 aromatic rings. The van der Waals surface area contributed by atoms with Crippen molar-refractivity contribution in [3.05, 3.63) is 0 Å². The van der Waals surface area contributed by atoms with Crippen LogP contribution in [0.4, 0.5) is 0 Å². The maximum atomic E-state index is 11.9. The maximum Gasteiger partial charge on any atom is 0.308 e. The molecular weight excluding hydrogens is 376 g/mol. The minimum Gasteiger partial charge on any atom is -0.433 e. The van der Waals surface area contributed by atoms with Crippen molar-refractivity contribution in [3.8, 4) is 0 Å². The fourth-order valence-corrected chi connectivity index (χ4v) is 3.64. The Morgan fingerprint density at radius 2 is 1.24 bits per heavy atom. The molecule has 172 valence electrons. The van der Waals surface area contributed by atoms with Crippen LogP contribution in [-0.4, -0.2) is 63.7 Å². The normalized spacial score (nSPS) is 27.1. The van der Waals surface area contributed by atoms with Gasteiger partial charge in [0.25, 0.3) is 0 Å². The molecule has 1 unspecified atom stereocenters. The Balaban J connectivity index is 2.00. The van der Waals surface area contributed by atoms with Gasteiger partial charge in [-0.15, -0.1) is 0 Å². The fraction of sp³-hybridized carbons (Fsp3) is 0.955. The fourth-order valence-electron chi connectivity index (χ4n) is 3.64. The molecule has 0 bridgehead atoms. The van der Waals surface area contributed by atoms with E-state index in [9.17, 15) is 20.1 Å². The summed E-state index contributed by atoms with van der Waals surface area (Å²) in [5.74, 6) is -0.516. The van der Waals surface area contributed by atoms with E-state index in [1.807, 2.05) is 0 Å². The largest absolute Gasteiger partial charge is 0.433 e. The summed E-state index contributed by atoms with van der Waals surface area (Å²) in [5, 5.41) is 38.4. The minimum atomic E-state index is -1.54. The van der Waals surface area contributed by atoms with Crippen LogP contribution < -0.4 is 0 Å². The Labute approximate surface area is 175 Å². The topological polar surface area (TPSA) is 116 Å². The van der Waals surface area contributed by atoms with Gasteiger partial charge in [0.1, 0.15) is 24.4 Å². The van der Waals surface area contributed by atoms with E-state index in [1.54, 1.807) is 0 Å². The SMILES string of the molecule is CCCCCCCCCCCCCCCC(=O)OC1O[C@H](CO)[C@@H](O)[C@H](O)[C@H]1O. The molecule has 0 aromatic carbocycles. The molecule has 5 atom stereocenters. The van der Waals surface area contributed by atoms with Gasteiger partial charge >= 0.3 is 5.97 Å². The third kappa shape index (κ3) is 10.7. The Hall–Kier alpha value is -0.730. The van der Waals surface area contributed by atoms with Gasteiger partial charge in [0.2, 0.25) is 6.29 Å². The van der Waals surface area contributed by atoms with Crippen molar-refractivity contribution in [3.63, 3.8) is 0 Å². The summed E-state index contributed by atoms with van der Waals surface area (Å²) in [4.78, 5) is 11.9. The first-order chi connectivity index (χ1) is 14.0. The zero-order valence-electron chi connectivity index (χ0n) is 18.0. The molecule has 0 radical (unpaired) electrons. The second-order valence-corrected chi connectivity index (χ2v) is 8.18. The second kappa shape index (κ2) is 16.0. The molecule has 0 aromatic heterocycles. The number of hydrogen-bond acceptors (Lipinski definition) is 7. The smallest absolute Gasteiger partial charge is 0.308 e. The highest BCUT2D eigenvalue weighted by atomic mass is 16.7.